The third-order valence-electron chi connectivity index (χ3n) is 5.83. The van der Waals surface area contributed by atoms with Gasteiger partial charge in [-0.3, -0.25) is 9.59 Å². The van der Waals surface area contributed by atoms with E-state index < -0.39 is 0 Å². The topological polar surface area (TPSA) is 67.2 Å². The number of unbranched alkanes of at least 4 members (excludes halogenated alkanes) is 1. The number of benzene rings is 3. The maximum Gasteiger partial charge on any atom is 0.254 e. The standard InChI is InChI=1S/C29H29ClN4O2/c1-3-4-18-33(29(36)23-16-14-21(2)15-17-23)20-28(35)31-27-19-25(22-10-6-5-7-11-22)32-34(27)26-13-9-8-12-24(26)30/h5-17,19H,3-4,18,20H2,1-2H3,(H,31,35). The number of nitrogens with one attached hydrogen (secondary N) is 1. The van der Waals surface area contributed by atoms with Crippen molar-refractivity contribution in [2.75, 3.05) is 18.4 Å². The zero-order valence-electron chi connectivity index (χ0n) is 20.4. The summed E-state index contributed by atoms with van der Waals surface area (Å²) >= 11 is 6.46. The zero-order valence-corrected chi connectivity index (χ0v) is 21.2. The van der Waals surface area contributed by atoms with E-state index in [1.54, 1.807) is 27.8 Å². The van der Waals surface area contributed by atoms with Gasteiger partial charge in [-0.25, -0.2) is 4.68 Å². The average molecular weight is 501 g/mol. The quantitative estimate of drug-likeness (QED) is 0.290. The van der Waals surface area contributed by atoms with Gasteiger partial charge in [0.15, 0.2) is 0 Å². The normalized spacial score (nSPS) is 10.8. The molecule has 0 aliphatic rings. The van der Waals surface area contributed by atoms with Crippen molar-refractivity contribution in [3.05, 3.63) is 101 Å². The minimum atomic E-state index is -0.306. The smallest absolute Gasteiger partial charge is 0.254 e. The maximum absolute atomic E-state index is 13.2. The number of nitrogens with zero attached hydrogens (tertiary/aromatic N) is 3. The highest BCUT2D eigenvalue weighted by molar-refractivity contribution is 6.32. The minimum absolute atomic E-state index is 0.0684. The Kier molecular flexibility index (Phi) is 8.18. The van der Waals surface area contributed by atoms with Gasteiger partial charge >= 0.3 is 0 Å². The lowest BCUT2D eigenvalue weighted by Gasteiger charge is -2.22. The molecule has 0 unspecified atom stereocenters. The fourth-order valence-electron chi connectivity index (χ4n) is 3.86. The molecule has 0 atom stereocenters. The number of aryl methyl sites for hydroxylation is 1. The van der Waals surface area contributed by atoms with Crippen LogP contribution in [0.15, 0.2) is 84.9 Å². The molecular weight excluding hydrogens is 472 g/mol. The predicted molar refractivity (Wildman–Crippen MR) is 145 cm³/mol. The molecule has 0 saturated carbocycles. The highest BCUT2D eigenvalue weighted by Gasteiger charge is 2.21. The van der Waals surface area contributed by atoms with Crippen molar-refractivity contribution in [2.24, 2.45) is 0 Å². The van der Waals surface area contributed by atoms with Crippen molar-refractivity contribution >= 4 is 29.2 Å². The van der Waals surface area contributed by atoms with Gasteiger partial charge in [0, 0.05) is 23.7 Å². The van der Waals surface area contributed by atoms with Crippen molar-refractivity contribution in [1.29, 1.82) is 0 Å². The third kappa shape index (κ3) is 6.01. The first kappa shape index (κ1) is 25.2. The van der Waals surface area contributed by atoms with E-state index in [-0.39, 0.29) is 18.4 Å². The highest BCUT2D eigenvalue weighted by Crippen LogP contribution is 2.28. The summed E-state index contributed by atoms with van der Waals surface area (Å²) in [7, 11) is 0. The van der Waals surface area contributed by atoms with E-state index in [0.29, 0.717) is 34.3 Å². The largest absolute Gasteiger partial charge is 0.329 e. The van der Waals surface area contributed by atoms with Crippen LogP contribution in [0.3, 0.4) is 0 Å². The zero-order chi connectivity index (χ0) is 25.5. The molecule has 0 spiro atoms. The first-order valence-corrected chi connectivity index (χ1v) is 12.4. The molecule has 0 bridgehead atoms. The average Bonchev–Trinajstić information content (AvgIpc) is 3.30. The molecule has 0 aliphatic carbocycles. The van der Waals surface area contributed by atoms with Gasteiger partial charge in [-0.1, -0.05) is 85.1 Å². The van der Waals surface area contributed by atoms with E-state index in [2.05, 4.69) is 12.2 Å². The Labute approximate surface area is 216 Å². The Morgan fingerprint density at radius 1 is 0.972 bits per heavy atom. The summed E-state index contributed by atoms with van der Waals surface area (Å²) in [5.74, 6) is 0.00717. The molecule has 184 valence electrons. The molecule has 0 radical (unpaired) electrons. The van der Waals surface area contributed by atoms with Gasteiger partial charge in [-0.15, -0.1) is 0 Å². The number of carbonyl (C=O) groups is 2. The second-order valence-electron chi connectivity index (χ2n) is 8.64. The van der Waals surface area contributed by atoms with Crippen LogP contribution in [0.25, 0.3) is 16.9 Å². The van der Waals surface area contributed by atoms with Crippen molar-refractivity contribution in [3.63, 3.8) is 0 Å². The molecule has 6 nitrogen and oxygen atoms in total. The van der Waals surface area contributed by atoms with Gasteiger partial charge in [-0.05, 0) is 37.6 Å². The fraction of sp³-hybridized carbons (Fsp3) is 0.207. The monoisotopic (exact) mass is 500 g/mol. The van der Waals surface area contributed by atoms with Crippen molar-refractivity contribution in [1.82, 2.24) is 14.7 Å². The molecule has 36 heavy (non-hydrogen) atoms. The molecule has 1 heterocycles. The number of hydrogen-bond acceptors (Lipinski definition) is 3. The lowest BCUT2D eigenvalue weighted by atomic mass is 10.1. The van der Waals surface area contributed by atoms with E-state index in [0.717, 1.165) is 24.0 Å². The van der Waals surface area contributed by atoms with E-state index >= 15 is 0 Å². The summed E-state index contributed by atoms with van der Waals surface area (Å²) in [5.41, 5.74) is 3.90. The SMILES string of the molecule is CCCCN(CC(=O)Nc1cc(-c2ccccc2)nn1-c1ccccc1Cl)C(=O)c1ccc(C)cc1. The number of para-hydroxylation sites is 1. The Morgan fingerprint density at radius 2 is 1.67 bits per heavy atom. The van der Waals surface area contributed by atoms with Crippen LogP contribution in [0.1, 0.15) is 35.7 Å². The summed E-state index contributed by atoms with van der Waals surface area (Å²) in [6.07, 6.45) is 1.72. The van der Waals surface area contributed by atoms with Gasteiger partial charge in [0.2, 0.25) is 5.91 Å². The van der Waals surface area contributed by atoms with Gasteiger partial charge in [0.25, 0.3) is 5.91 Å². The number of amides is 2. The molecule has 4 aromatic rings. The molecule has 1 N–H and O–H groups in total. The summed E-state index contributed by atoms with van der Waals surface area (Å²) in [5, 5.41) is 8.19. The van der Waals surface area contributed by atoms with Crippen molar-refractivity contribution in [2.45, 2.75) is 26.7 Å². The number of aromatic nitrogens is 2. The molecule has 0 saturated heterocycles. The molecule has 7 heteroatoms. The molecule has 4 rings (SSSR count). The summed E-state index contributed by atoms with van der Waals surface area (Å²) in [6.45, 7) is 4.46. The van der Waals surface area contributed by atoms with Crippen LogP contribution in [0.4, 0.5) is 5.82 Å². The number of anilines is 1. The molecule has 0 fully saturated rings. The molecule has 0 aliphatic heterocycles. The summed E-state index contributed by atoms with van der Waals surface area (Å²) < 4.78 is 1.63. The molecule has 3 aromatic carbocycles. The number of carbonyl (C=O) groups excluding carboxylic acids is 2. The molecule has 2 amide bonds. The van der Waals surface area contributed by atoms with Crippen LogP contribution in [-0.2, 0) is 4.79 Å². The highest BCUT2D eigenvalue weighted by atomic mass is 35.5. The van der Waals surface area contributed by atoms with Crippen LogP contribution in [0.5, 0.6) is 0 Å². The van der Waals surface area contributed by atoms with Gasteiger partial charge in [0.1, 0.15) is 12.4 Å². The lowest BCUT2D eigenvalue weighted by Crippen LogP contribution is -2.39. The number of hydrogen-bond donors (Lipinski definition) is 1. The minimum Gasteiger partial charge on any atom is -0.329 e. The Balaban J connectivity index is 1.61. The van der Waals surface area contributed by atoms with Crippen LogP contribution in [0, 0.1) is 6.92 Å². The first-order valence-electron chi connectivity index (χ1n) is 12.0. The third-order valence-corrected chi connectivity index (χ3v) is 6.15. The van der Waals surface area contributed by atoms with Gasteiger partial charge < -0.3 is 10.2 Å². The number of rotatable bonds is 9. The number of halogens is 1. The van der Waals surface area contributed by atoms with Crippen LogP contribution in [0.2, 0.25) is 5.02 Å². The molecule has 1 aromatic heterocycles. The van der Waals surface area contributed by atoms with E-state index in [1.165, 1.54) is 0 Å². The molecular formula is C29H29ClN4O2. The summed E-state index contributed by atoms with van der Waals surface area (Å²) in [4.78, 5) is 28.0. The Hall–Kier alpha value is -3.90. The van der Waals surface area contributed by atoms with Crippen molar-refractivity contribution < 1.29 is 9.59 Å². The lowest BCUT2D eigenvalue weighted by molar-refractivity contribution is -0.116. The second-order valence-corrected chi connectivity index (χ2v) is 9.05. The fourth-order valence-corrected chi connectivity index (χ4v) is 4.08. The maximum atomic E-state index is 13.2. The predicted octanol–water partition coefficient (Wildman–Crippen LogP) is 6.38. The second kappa shape index (κ2) is 11.7. The van der Waals surface area contributed by atoms with Crippen molar-refractivity contribution in [3.8, 4) is 16.9 Å². The van der Waals surface area contributed by atoms with Crippen LogP contribution >= 0.6 is 11.6 Å². The van der Waals surface area contributed by atoms with E-state index in [9.17, 15) is 9.59 Å². The van der Waals surface area contributed by atoms with Gasteiger partial charge in [0.05, 0.1) is 16.4 Å². The van der Waals surface area contributed by atoms with Crippen LogP contribution in [-0.4, -0.2) is 39.6 Å². The van der Waals surface area contributed by atoms with Crippen LogP contribution < -0.4 is 5.32 Å². The Morgan fingerprint density at radius 3 is 2.36 bits per heavy atom. The Bertz CT molecular complexity index is 1330. The van der Waals surface area contributed by atoms with E-state index in [1.807, 2.05) is 73.7 Å². The summed E-state index contributed by atoms with van der Waals surface area (Å²) in [6, 6.07) is 26.3. The van der Waals surface area contributed by atoms with Gasteiger partial charge in [-0.2, -0.15) is 5.10 Å². The van der Waals surface area contributed by atoms with E-state index in [4.69, 9.17) is 16.7 Å². The first-order chi connectivity index (χ1) is 17.5.